The molecule has 1 saturated heterocycles. The van der Waals surface area contributed by atoms with Crippen molar-refractivity contribution in [3.8, 4) is 0 Å². The van der Waals surface area contributed by atoms with Gasteiger partial charge >= 0.3 is 6.18 Å². The summed E-state index contributed by atoms with van der Waals surface area (Å²) in [6.07, 6.45) is -0.885. The number of piperidine rings is 1. The Balaban J connectivity index is 1.94. The third kappa shape index (κ3) is 4.16. The molecule has 0 spiro atoms. The van der Waals surface area contributed by atoms with Crippen molar-refractivity contribution in [3.05, 3.63) is 12.7 Å². The minimum atomic E-state index is -4.51. The lowest BCUT2D eigenvalue weighted by Crippen LogP contribution is -2.50. The number of hydrogen-bond acceptors (Lipinski definition) is 4. The summed E-state index contributed by atoms with van der Waals surface area (Å²) < 4.78 is 39.7. The topological polar surface area (TPSA) is 71.8 Å². The summed E-state index contributed by atoms with van der Waals surface area (Å²) in [5, 5.41) is 8.88. The van der Waals surface area contributed by atoms with Gasteiger partial charge in [0.2, 0.25) is 5.91 Å². The number of carbonyl (C=O) groups is 1. The van der Waals surface area contributed by atoms with Crippen LogP contribution in [0.25, 0.3) is 0 Å². The molecule has 0 radical (unpaired) electrons. The highest BCUT2D eigenvalue weighted by atomic mass is 19.4. The molecule has 3 unspecified atom stereocenters. The van der Waals surface area contributed by atoms with Crippen LogP contribution in [0.3, 0.4) is 0 Å². The second-order valence-electron chi connectivity index (χ2n) is 5.31. The Morgan fingerprint density at radius 3 is 2.90 bits per heavy atom. The van der Waals surface area contributed by atoms with E-state index in [4.69, 9.17) is 0 Å². The molecule has 0 saturated carbocycles. The maximum atomic E-state index is 13.0. The van der Waals surface area contributed by atoms with Crippen LogP contribution >= 0.6 is 0 Å². The summed E-state index contributed by atoms with van der Waals surface area (Å²) in [5.41, 5.74) is 0. The Hall–Kier alpha value is -1.64. The van der Waals surface area contributed by atoms with Crippen LogP contribution in [0.4, 0.5) is 13.2 Å². The first-order valence-corrected chi connectivity index (χ1v) is 6.80. The van der Waals surface area contributed by atoms with Crippen molar-refractivity contribution in [2.75, 3.05) is 13.1 Å². The van der Waals surface area contributed by atoms with Crippen molar-refractivity contribution in [2.45, 2.75) is 38.0 Å². The highest BCUT2D eigenvalue weighted by molar-refractivity contribution is 5.81. The van der Waals surface area contributed by atoms with Gasteiger partial charge in [0.05, 0.1) is 6.04 Å². The maximum Gasteiger partial charge on any atom is 0.412 e. The van der Waals surface area contributed by atoms with Crippen LogP contribution in [0.1, 0.15) is 25.8 Å². The number of amides is 1. The lowest BCUT2D eigenvalue weighted by Gasteiger charge is -2.28. The SMILES string of the molecule is CC1CCNC(C(=O)NCC(n2cncn2)C(F)(F)F)C1. The number of nitrogens with one attached hydrogen (secondary N) is 2. The third-order valence-corrected chi connectivity index (χ3v) is 3.59. The third-order valence-electron chi connectivity index (χ3n) is 3.59. The van der Waals surface area contributed by atoms with Gasteiger partial charge in [0.1, 0.15) is 12.7 Å². The molecule has 1 fully saturated rings. The molecule has 2 N–H and O–H groups in total. The lowest BCUT2D eigenvalue weighted by molar-refractivity contribution is -0.169. The van der Waals surface area contributed by atoms with Crippen LogP contribution in [0, 0.1) is 5.92 Å². The van der Waals surface area contributed by atoms with Gasteiger partial charge in [-0.25, -0.2) is 9.67 Å². The van der Waals surface area contributed by atoms with E-state index in [1.807, 2.05) is 6.92 Å². The van der Waals surface area contributed by atoms with E-state index >= 15 is 0 Å². The minimum absolute atomic E-state index is 0.385. The van der Waals surface area contributed by atoms with Gasteiger partial charge in [0, 0.05) is 6.54 Å². The molecule has 0 bridgehead atoms. The van der Waals surface area contributed by atoms with E-state index in [0.29, 0.717) is 23.6 Å². The van der Waals surface area contributed by atoms with Gasteiger partial charge in [-0.15, -0.1) is 0 Å². The van der Waals surface area contributed by atoms with Crippen LogP contribution in [0.15, 0.2) is 12.7 Å². The van der Waals surface area contributed by atoms with Gasteiger partial charge in [-0.05, 0) is 25.3 Å². The highest BCUT2D eigenvalue weighted by Crippen LogP contribution is 2.29. The molecule has 9 heteroatoms. The molecule has 0 aliphatic carbocycles. The number of nitrogens with zero attached hydrogens (tertiary/aromatic N) is 3. The molecule has 1 amide bonds. The highest BCUT2D eigenvalue weighted by Gasteiger charge is 2.42. The smallest absolute Gasteiger partial charge is 0.352 e. The van der Waals surface area contributed by atoms with E-state index in [1.165, 1.54) is 0 Å². The Kier molecular flexibility index (Phi) is 4.81. The molecular formula is C12H18F3N5O. The molecule has 0 aromatic carbocycles. The summed E-state index contributed by atoms with van der Waals surface area (Å²) >= 11 is 0. The molecule has 6 nitrogen and oxygen atoms in total. The zero-order valence-corrected chi connectivity index (χ0v) is 11.6. The average molecular weight is 305 g/mol. The van der Waals surface area contributed by atoms with Crippen LogP contribution in [0.5, 0.6) is 0 Å². The Bertz CT molecular complexity index is 462. The Morgan fingerprint density at radius 2 is 2.33 bits per heavy atom. The fourth-order valence-corrected chi connectivity index (χ4v) is 2.37. The molecule has 2 heterocycles. The standard InChI is InChI=1S/C12H18F3N5O/c1-8-2-3-17-9(4-8)11(21)18-5-10(12(13,14)15)20-7-16-6-19-20/h6-10,17H,2-5H2,1H3,(H,18,21). The summed E-state index contributed by atoms with van der Waals surface area (Å²) in [4.78, 5) is 15.5. The second-order valence-corrected chi connectivity index (χ2v) is 5.31. The number of carbonyl (C=O) groups excluding carboxylic acids is 1. The fourth-order valence-electron chi connectivity index (χ4n) is 2.37. The monoisotopic (exact) mass is 305 g/mol. The van der Waals surface area contributed by atoms with Crippen LogP contribution < -0.4 is 10.6 Å². The van der Waals surface area contributed by atoms with E-state index in [1.54, 1.807) is 0 Å². The van der Waals surface area contributed by atoms with Gasteiger partial charge in [-0.2, -0.15) is 18.3 Å². The summed E-state index contributed by atoms with van der Waals surface area (Å²) in [5.74, 6) is -0.0216. The number of aromatic nitrogens is 3. The molecule has 1 aliphatic heterocycles. The van der Waals surface area contributed by atoms with Gasteiger partial charge in [0.25, 0.3) is 0 Å². The van der Waals surface area contributed by atoms with Crippen LogP contribution in [0.2, 0.25) is 0 Å². The Morgan fingerprint density at radius 1 is 1.57 bits per heavy atom. The molecule has 1 aliphatic rings. The first kappa shape index (κ1) is 15.7. The largest absolute Gasteiger partial charge is 0.412 e. The molecular weight excluding hydrogens is 287 g/mol. The normalized spacial score (nSPS) is 24.6. The van der Waals surface area contributed by atoms with Gasteiger partial charge in [0.15, 0.2) is 6.04 Å². The molecule has 2 rings (SSSR count). The Labute approximate surface area is 120 Å². The van der Waals surface area contributed by atoms with Gasteiger partial charge in [-0.3, -0.25) is 4.79 Å². The molecule has 21 heavy (non-hydrogen) atoms. The number of hydrogen-bond donors (Lipinski definition) is 2. The maximum absolute atomic E-state index is 13.0. The summed E-state index contributed by atoms with van der Waals surface area (Å²) in [6.45, 7) is 2.17. The zero-order valence-electron chi connectivity index (χ0n) is 11.6. The van der Waals surface area contributed by atoms with E-state index in [2.05, 4.69) is 20.7 Å². The van der Waals surface area contributed by atoms with Crippen molar-refractivity contribution in [1.82, 2.24) is 25.4 Å². The van der Waals surface area contributed by atoms with E-state index in [-0.39, 0.29) is 0 Å². The van der Waals surface area contributed by atoms with Gasteiger partial charge in [-0.1, -0.05) is 6.92 Å². The van der Waals surface area contributed by atoms with Crippen molar-refractivity contribution >= 4 is 5.91 Å². The van der Waals surface area contributed by atoms with E-state index < -0.39 is 30.7 Å². The first-order chi connectivity index (χ1) is 9.88. The molecule has 1 aromatic heterocycles. The number of rotatable bonds is 4. The van der Waals surface area contributed by atoms with Gasteiger partial charge < -0.3 is 10.6 Å². The predicted molar refractivity (Wildman–Crippen MR) is 68.3 cm³/mol. The minimum Gasteiger partial charge on any atom is -0.352 e. The van der Waals surface area contributed by atoms with Crippen LogP contribution in [-0.4, -0.2) is 46.0 Å². The predicted octanol–water partition coefficient (Wildman–Crippen LogP) is 0.886. The summed E-state index contributed by atoms with van der Waals surface area (Å²) in [6, 6.07) is -2.34. The second kappa shape index (κ2) is 6.42. The zero-order chi connectivity index (χ0) is 15.5. The number of alkyl halides is 3. The van der Waals surface area contributed by atoms with E-state index in [0.717, 1.165) is 19.1 Å². The molecule has 118 valence electrons. The first-order valence-electron chi connectivity index (χ1n) is 6.80. The van der Waals surface area contributed by atoms with Crippen molar-refractivity contribution in [3.63, 3.8) is 0 Å². The quantitative estimate of drug-likeness (QED) is 0.866. The van der Waals surface area contributed by atoms with Crippen molar-refractivity contribution in [1.29, 1.82) is 0 Å². The van der Waals surface area contributed by atoms with Crippen molar-refractivity contribution < 1.29 is 18.0 Å². The molecule has 1 aromatic rings. The summed E-state index contributed by atoms with van der Waals surface area (Å²) in [7, 11) is 0. The molecule has 3 atom stereocenters. The fraction of sp³-hybridized carbons (Fsp3) is 0.750. The lowest BCUT2D eigenvalue weighted by atomic mass is 9.94. The number of halogens is 3. The van der Waals surface area contributed by atoms with E-state index in [9.17, 15) is 18.0 Å². The average Bonchev–Trinajstić information content (AvgIpc) is 2.91. The van der Waals surface area contributed by atoms with Crippen LogP contribution in [-0.2, 0) is 4.79 Å². The van der Waals surface area contributed by atoms with Crippen molar-refractivity contribution in [2.24, 2.45) is 5.92 Å².